The third-order valence-corrected chi connectivity index (χ3v) is 3.62. The molecule has 2 fully saturated rings. The van der Waals surface area contributed by atoms with E-state index in [1.165, 1.54) is 38.8 Å². The average Bonchev–Trinajstić information content (AvgIpc) is 3.12. The zero-order chi connectivity index (χ0) is 11.4. The monoisotopic (exact) mass is 226 g/mol. The van der Waals surface area contributed by atoms with Crippen molar-refractivity contribution in [2.75, 3.05) is 32.8 Å². The van der Waals surface area contributed by atoms with Crippen LogP contribution in [0.3, 0.4) is 0 Å². The van der Waals surface area contributed by atoms with Crippen LogP contribution in [0.2, 0.25) is 0 Å². The maximum Gasteiger partial charge on any atom is 0.0597 e. The summed E-state index contributed by atoms with van der Waals surface area (Å²) in [5, 5.41) is 12.7. The Hall–Kier alpha value is -0.120. The van der Waals surface area contributed by atoms with E-state index in [-0.39, 0.29) is 12.6 Å². The van der Waals surface area contributed by atoms with Crippen LogP contribution >= 0.6 is 0 Å². The van der Waals surface area contributed by atoms with Crippen molar-refractivity contribution in [3.8, 4) is 0 Å². The van der Waals surface area contributed by atoms with Gasteiger partial charge in [0.25, 0.3) is 0 Å². The second-order valence-electron chi connectivity index (χ2n) is 5.54. The maximum absolute atomic E-state index is 9.32. The number of nitrogens with one attached hydrogen (secondary N) is 1. The summed E-state index contributed by atoms with van der Waals surface area (Å²) in [6, 6.07) is 0.266. The zero-order valence-corrected chi connectivity index (χ0v) is 10.5. The van der Waals surface area contributed by atoms with Crippen molar-refractivity contribution in [1.29, 1.82) is 0 Å². The highest BCUT2D eigenvalue weighted by Gasteiger charge is 2.29. The van der Waals surface area contributed by atoms with Gasteiger partial charge in [0.05, 0.1) is 6.61 Å². The molecule has 0 amide bonds. The van der Waals surface area contributed by atoms with Crippen molar-refractivity contribution >= 4 is 0 Å². The second-order valence-corrected chi connectivity index (χ2v) is 5.54. The molecule has 94 valence electrons. The first kappa shape index (κ1) is 12.3. The molecule has 2 aliphatic carbocycles. The molecule has 16 heavy (non-hydrogen) atoms. The fourth-order valence-corrected chi connectivity index (χ4v) is 2.34. The highest BCUT2D eigenvalue weighted by atomic mass is 16.3. The van der Waals surface area contributed by atoms with E-state index in [9.17, 15) is 5.11 Å². The third-order valence-electron chi connectivity index (χ3n) is 3.62. The van der Waals surface area contributed by atoms with Gasteiger partial charge in [0, 0.05) is 25.7 Å². The normalized spacial score (nSPS) is 22.7. The summed E-state index contributed by atoms with van der Waals surface area (Å²) < 4.78 is 0. The van der Waals surface area contributed by atoms with E-state index < -0.39 is 0 Å². The van der Waals surface area contributed by atoms with Gasteiger partial charge in [-0.15, -0.1) is 0 Å². The van der Waals surface area contributed by atoms with Gasteiger partial charge in [-0.05, 0) is 44.1 Å². The quantitative estimate of drug-likeness (QED) is 0.617. The number of aliphatic hydroxyl groups is 1. The largest absolute Gasteiger partial charge is 0.395 e. The Labute approximate surface area is 99.2 Å². The molecular formula is C13H26N2O. The van der Waals surface area contributed by atoms with Gasteiger partial charge in [-0.25, -0.2) is 0 Å². The Bertz CT molecular complexity index is 188. The lowest BCUT2D eigenvalue weighted by atomic mass is 10.2. The molecule has 2 N–H and O–H groups in total. The number of hydrogen-bond acceptors (Lipinski definition) is 3. The molecule has 0 aromatic heterocycles. The molecular weight excluding hydrogens is 200 g/mol. The molecule has 0 aliphatic heterocycles. The molecule has 0 aromatic rings. The summed E-state index contributed by atoms with van der Waals surface area (Å²) in [5.74, 6) is 1.92. The number of aliphatic hydroxyl groups excluding tert-OH is 1. The number of hydrogen-bond donors (Lipinski definition) is 2. The SMILES string of the molecule is CCNC(CO)CN(CC1CC1)CC1CC1. The lowest BCUT2D eigenvalue weighted by Gasteiger charge is -2.27. The summed E-state index contributed by atoms with van der Waals surface area (Å²) in [5.41, 5.74) is 0. The van der Waals surface area contributed by atoms with Crippen molar-refractivity contribution < 1.29 is 5.11 Å². The fourth-order valence-electron chi connectivity index (χ4n) is 2.34. The van der Waals surface area contributed by atoms with E-state index in [2.05, 4.69) is 17.1 Å². The summed E-state index contributed by atoms with van der Waals surface area (Å²) >= 11 is 0. The molecule has 1 unspecified atom stereocenters. The summed E-state index contributed by atoms with van der Waals surface area (Å²) in [4.78, 5) is 2.58. The Balaban J connectivity index is 1.73. The first-order valence-electron chi connectivity index (χ1n) is 6.88. The maximum atomic E-state index is 9.32. The van der Waals surface area contributed by atoms with Gasteiger partial charge in [-0.2, -0.15) is 0 Å². The Morgan fingerprint density at radius 3 is 2.12 bits per heavy atom. The van der Waals surface area contributed by atoms with Crippen molar-refractivity contribution in [3.63, 3.8) is 0 Å². The zero-order valence-electron chi connectivity index (χ0n) is 10.5. The van der Waals surface area contributed by atoms with Crippen molar-refractivity contribution in [3.05, 3.63) is 0 Å². The van der Waals surface area contributed by atoms with Crippen LogP contribution in [0.1, 0.15) is 32.6 Å². The van der Waals surface area contributed by atoms with E-state index in [1.807, 2.05) is 0 Å². The number of rotatable bonds is 9. The molecule has 0 bridgehead atoms. The topological polar surface area (TPSA) is 35.5 Å². The molecule has 3 heteroatoms. The van der Waals surface area contributed by atoms with Crippen LogP contribution in [0.5, 0.6) is 0 Å². The molecule has 0 heterocycles. The summed E-state index contributed by atoms with van der Waals surface area (Å²) in [7, 11) is 0. The van der Waals surface area contributed by atoms with Crippen molar-refractivity contribution in [2.45, 2.75) is 38.6 Å². The predicted octanol–water partition coefficient (Wildman–Crippen LogP) is 1.08. The van der Waals surface area contributed by atoms with Crippen LogP contribution in [-0.4, -0.2) is 48.8 Å². The lowest BCUT2D eigenvalue weighted by molar-refractivity contribution is 0.174. The van der Waals surface area contributed by atoms with E-state index in [4.69, 9.17) is 0 Å². The molecule has 0 spiro atoms. The standard InChI is InChI=1S/C13H26N2O/c1-2-14-13(10-16)9-15(7-11-3-4-11)8-12-5-6-12/h11-14,16H,2-10H2,1H3. The van der Waals surface area contributed by atoms with Gasteiger partial charge < -0.3 is 15.3 Å². The molecule has 0 aromatic carbocycles. The highest BCUT2D eigenvalue weighted by molar-refractivity contribution is 4.84. The van der Waals surface area contributed by atoms with Crippen LogP contribution in [0, 0.1) is 11.8 Å². The van der Waals surface area contributed by atoms with Gasteiger partial charge >= 0.3 is 0 Å². The van der Waals surface area contributed by atoms with Gasteiger partial charge in [0.1, 0.15) is 0 Å². The van der Waals surface area contributed by atoms with Gasteiger partial charge in [-0.3, -0.25) is 0 Å². The van der Waals surface area contributed by atoms with Gasteiger partial charge in [0.2, 0.25) is 0 Å². The van der Waals surface area contributed by atoms with E-state index in [1.54, 1.807) is 0 Å². The van der Waals surface area contributed by atoms with Crippen LogP contribution < -0.4 is 5.32 Å². The first-order valence-corrected chi connectivity index (χ1v) is 6.88. The third kappa shape index (κ3) is 4.40. The minimum absolute atomic E-state index is 0.264. The van der Waals surface area contributed by atoms with E-state index in [0.717, 1.165) is 24.9 Å². The molecule has 0 radical (unpaired) electrons. The van der Waals surface area contributed by atoms with Crippen LogP contribution in [0.25, 0.3) is 0 Å². The molecule has 1 atom stereocenters. The van der Waals surface area contributed by atoms with Crippen LogP contribution in [0.15, 0.2) is 0 Å². The van der Waals surface area contributed by atoms with E-state index in [0.29, 0.717) is 0 Å². The Morgan fingerprint density at radius 2 is 1.75 bits per heavy atom. The first-order chi connectivity index (χ1) is 7.81. The van der Waals surface area contributed by atoms with Crippen LogP contribution in [0.4, 0.5) is 0 Å². The predicted molar refractivity (Wildman–Crippen MR) is 66.4 cm³/mol. The van der Waals surface area contributed by atoms with Crippen LogP contribution in [-0.2, 0) is 0 Å². The molecule has 2 saturated carbocycles. The van der Waals surface area contributed by atoms with Crippen molar-refractivity contribution in [2.24, 2.45) is 11.8 Å². The minimum atomic E-state index is 0.264. The smallest absolute Gasteiger partial charge is 0.0597 e. The number of nitrogens with zero attached hydrogens (tertiary/aromatic N) is 1. The molecule has 3 nitrogen and oxygen atoms in total. The average molecular weight is 226 g/mol. The second kappa shape index (κ2) is 5.99. The van der Waals surface area contributed by atoms with E-state index >= 15 is 0 Å². The molecule has 0 saturated heterocycles. The lowest BCUT2D eigenvalue weighted by Crippen LogP contribution is -2.44. The Morgan fingerprint density at radius 1 is 1.19 bits per heavy atom. The fraction of sp³-hybridized carbons (Fsp3) is 1.00. The molecule has 2 rings (SSSR count). The van der Waals surface area contributed by atoms with Gasteiger partial charge in [-0.1, -0.05) is 6.92 Å². The van der Waals surface area contributed by atoms with Crippen molar-refractivity contribution in [1.82, 2.24) is 10.2 Å². The Kier molecular flexibility index (Phi) is 4.62. The van der Waals surface area contributed by atoms with Gasteiger partial charge in [0.15, 0.2) is 0 Å². The summed E-state index contributed by atoms with van der Waals surface area (Å²) in [6.07, 6.45) is 5.69. The molecule has 2 aliphatic rings. The summed E-state index contributed by atoms with van der Waals surface area (Å²) in [6.45, 7) is 6.87. The minimum Gasteiger partial charge on any atom is -0.395 e. The number of likely N-dealkylation sites (N-methyl/N-ethyl adjacent to an activating group) is 1. The highest BCUT2D eigenvalue weighted by Crippen LogP contribution is 2.33.